The first-order chi connectivity index (χ1) is 9.97. The molecule has 4 heteroatoms. The number of ether oxygens (including phenoxy) is 1. The van der Waals surface area contributed by atoms with E-state index < -0.39 is 12.1 Å². The van der Waals surface area contributed by atoms with Gasteiger partial charge in [0.05, 0.1) is 0 Å². The Bertz CT molecular complexity index is 603. The first-order valence-electron chi connectivity index (χ1n) is 6.73. The molecule has 0 spiro atoms. The molecule has 2 aromatic rings. The quantitative estimate of drug-likeness (QED) is 0.858. The highest BCUT2D eigenvalue weighted by Crippen LogP contribution is 2.25. The second-order valence-corrected chi connectivity index (χ2v) is 6.07. The molecule has 1 unspecified atom stereocenters. The van der Waals surface area contributed by atoms with Crippen molar-refractivity contribution < 1.29 is 14.6 Å². The number of carboxylic acid groups (broad SMARTS) is 1. The molecule has 0 aromatic heterocycles. The van der Waals surface area contributed by atoms with Gasteiger partial charge in [-0.3, -0.25) is 0 Å². The fourth-order valence-corrected chi connectivity index (χ4v) is 2.25. The molecule has 0 bridgehead atoms. The molecule has 0 heterocycles. The summed E-state index contributed by atoms with van der Waals surface area (Å²) in [6, 6.07) is 15.5. The van der Waals surface area contributed by atoms with Gasteiger partial charge < -0.3 is 9.84 Å². The van der Waals surface area contributed by atoms with E-state index in [9.17, 15) is 4.79 Å². The Morgan fingerprint density at radius 2 is 1.48 bits per heavy atom. The van der Waals surface area contributed by atoms with Gasteiger partial charge in [0.2, 0.25) is 0 Å². The van der Waals surface area contributed by atoms with Crippen molar-refractivity contribution in [1.82, 2.24) is 0 Å². The molecule has 1 N–H and O–H groups in total. The van der Waals surface area contributed by atoms with Gasteiger partial charge in [-0.1, -0.05) is 54.0 Å². The van der Waals surface area contributed by atoms with Crippen LogP contribution in [0.5, 0.6) is 5.75 Å². The Morgan fingerprint density at radius 3 is 1.90 bits per heavy atom. The van der Waals surface area contributed by atoms with Crippen molar-refractivity contribution in [3.63, 3.8) is 0 Å². The average molecular weight is 349 g/mol. The molecule has 2 rings (SSSR count). The summed E-state index contributed by atoms with van der Waals surface area (Å²) in [5.41, 5.74) is 2.16. The molecule has 0 amide bonds. The lowest BCUT2D eigenvalue weighted by Gasteiger charge is -2.18. The largest absolute Gasteiger partial charge is 0.478 e. The minimum absolute atomic E-state index is 0.0892. The summed E-state index contributed by atoms with van der Waals surface area (Å²) in [5, 5.41) is 9.13. The summed E-state index contributed by atoms with van der Waals surface area (Å²) in [5.74, 6) is -0.465. The zero-order valence-corrected chi connectivity index (χ0v) is 13.5. The van der Waals surface area contributed by atoms with E-state index in [1.165, 1.54) is 0 Å². The van der Waals surface area contributed by atoms with Gasteiger partial charge in [0, 0.05) is 10.4 Å². The summed E-state index contributed by atoms with van der Waals surface area (Å²) in [7, 11) is 0. The van der Waals surface area contributed by atoms with E-state index in [2.05, 4.69) is 15.9 Å². The van der Waals surface area contributed by atoms with Crippen LogP contribution in [-0.2, 0) is 4.79 Å². The fourth-order valence-electron chi connectivity index (χ4n) is 1.99. The van der Waals surface area contributed by atoms with E-state index in [1.54, 1.807) is 12.1 Å². The molecule has 21 heavy (non-hydrogen) atoms. The first kappa shape index (κ1) is 15.6. The maximum atomic E-state index is 11.1. The van der Waals surface area contributed by atoms with E-state index in [1.807, 2.05) is 50.2 Å². The van der Waals surface area contributed by atoms with Crippen molar-refractivity contribution in [2.45, 2.75) is 20.0 Å². The van der Waals surface area contributed by atoms with Crippen molar-refractivity contribution in [3.8, 4) is 16.9 Å². The minimum Gasteiger partial charge on any atom is -0.478 e. The van der Waals surface area contributed by atoms with E-state index in [0.717, 1.165) is 15.6 Å². The van der Waals surface area contributed by atoms with Crippen LogP contribution in [0.25, 0.3) is 11.1 Å². The number of hydrogen-bond donors (Lipinski definition) is 1. The monoisotopic (exact) mass is 348 g/mol. The maximum Gasteiger partial charge on any atom is 0.345 e. The number of hydrogen-bond acceptors (Lipinski definition) is 2. The van der Waals surface area contributed by atoms with Gasteiger partial charge in [-0.15, -0.1) is 0 Å². The molecule has 0 saturated carbocycles. The number of aliphatic carboxylic acids is 1. The van der Waals surface area contributed by atoms with Gasteiger partial charge in [0.15, 0.2) is 6.10 Å². The van der Waals surface area contributed by atoms with Gasteiger partial charge in [-0.25, -0.2) is 4.79 Å². The van der Waals surface area contributed by atoms with E-state index in [4.69, 9.17) is 9.84 Å². The van der Waals surface area contributed by atoms with Crippen LogP contribution < -0.4 is 4.74 Å². The molecule has 0 radical (unpaired) electrons. The molecular formula is C17H17BrO3. The standard InChI is InChI=1S/C17H17BrO3/c1-11(2)16(17(19)20)21-15-9-5-13(6-10-15)12-3-7-14(18)8-4-12/h3-11,16H,1-2H3,(H,19,20). The van der Waals surface area contributed by atoms with Crippen molar-refractivity contribution in [1.29, 1.82) is 0 Å². The lowest BCUT2D eigenvalue weighted by Crippen LogP contribution is -2.32. The third-order valence-corrected chi connectivity index (χ3v) is 3.67. The average Bonchev–Trinajstić information content (AvgIpc) is 2.45. The van der Waals surface area contributed by atoms with Gasteiger partial charge >= 0.3 is 5.97 Å². The van der Waals surface area contributed by atoms with Crippen LogP contribution in [0.3, 0.4) is 0 Å². The highest BCUT2D eigenvalue weighted by atomic mass is 79.9. The number of halogens is 1. The molecule has 2 aromatic carbocycles. The lowest BCUT2D eigenvalue weighted by atomic mass is 10.1. The van der Waals surface area contributed by atoms with Crippen LogP contribution in [0, 0.1) is 5.92 Å². The predicted octanol–water partition coefficient (Wildman–Crippen LogP) is 4.60. The molecule has 110 valence electrons. The Hall–Kier alpha value is -1.81. The Labute approximate surface area is 132 Å². The molecule has 0 saturated heterocycles. The van der Waals surface area contributed by atoms with Crippen molar-refractivity contribution >= 4 is 21.9 Å². The number of carbonyl (C=O) groups is 1. The summed E-state index contributed by atoms with van der Waals surface area (Å²) >= 11 is 3.41. The number of rotatable bonds is 5. The second-order valence-electron chi connectivity index (χ2n) is 5.15. The van der Waals surface area contributed by atoms with Crippen LogP contribution in [0.15, 0.2) is 53.0 Å². The van der Waals surface area contributed by atoms with Crippen LogP contribution in [0.2, 0.25) is 0 Å². The van der Waals surface area contributed by atoms with Crippen molar-refractivity contribution in [3.05, 3.63) is 53.0 Å². The second kappa shape index (κ2) is 6.76. The fraction of sp³-hybridized carbons (Fsp3) is 0.235. The highest BCUT2D eigenvalue weighted by Gasteiger charge is 2.23. The molecular weight excluding hydrogens is 332 g/mol. The molecule has 1 atom stereocenters. The van der Waals surface area contributed by atoms with E-state index in [-0.39, 0.29) is 5.92 Å². The van der Waals surface area contributed by atoms with Gasteiger partial charge in [-0.05, 0) is 35.4 Å². The molecule has 0 fully saturated rings. The van der Waals surface area contributed by atoms with Gasteiger partial charge in [0.25, 0.3) is 0 Å². The van der Waals surface area contributed by atoms with Crippen molar-refractivity contribution in [2.24, 2.45) is 5.92 Å². The number of benzene rings is 2. The smallest absolute Gasteiger partial charge is 0.345 e. The first-order valence-corrected chi connectivity index (χ1v) is 7.52. The third kappa shape index (κ3) is 4.08. The molecule has 3 nitrogen and oxygen atoms in total. The van der Waals surface area contributed by atoms with E-state index >= 15 is 0 Å². The van der Waals surface area contributed by atoms with Gasteiger partial charge in [0.1, 0.15) is 5.75 Å². The SMILES string of the molecule is CC(C)C(Oc1ccc(-c2ccc(Br)cc2)cc1)C(=O)O. The zero-order valence-electron chi connectivity index (χ0n) is 11.9. The lowest BCUT2D eigenvalue weighted by molar-refractivity contribution is -0.147. The molecule has 0 aliphatic carbocycles. The molecule has 0 aliphatic heterocycles. The Kier molecular flexibility index (Phi) is 5.02. The topological polar surface area (TPSA) is 46.5 Å². The molecule has 0 aliphatic rings. The summed E-state index contributed by atoms with van der Waals surface area (Å²) in [4.78, 5) is 11.1. The number of carboxylic acids is 1. The third-order valence-electron chi connectivity index (χ3n) is 3.14. The van der Waals surface area contributed by atoms with Crippen molar-refractivity contribution in [2.75, 3.05) is 0 Å². The van der Waals surface area contributed by atoms with Crippen LogP contribution >= 0.6 is 15.9 Å². The Balaban J connectivity index is 2.15. The highest BCUT2D eigenvalue weighted by molar-refractivity contribution is 9.10. The minimum atomic E-state index is -0.943. The maximum absolute atomic E-state index is 11.1. The van der Waals surface area contributed by atoms with Gasteiger partial charge in [-0.2, -0.15) is 0 Å². The normalized spacial score (nSPS) is 12.2. The summed E-state index contributed by atoms with van der Waals surface area (Å²) < 4.78 is 6.57. The van der Waals surface area contributed by atoms with Crippen LogP contribution in [0.1, 0.15) is 13.8 Å². The Morgan fingerprint density at radius 1 is 1.00 bits per heavy atom. The van der Waals surface area contributed by atoms with E-state index in [0.29, 0.717) is 5.75 Å². The summed E-state index contributed by atoms with van der Waals surface area (Å²) in [6.45, 7) is 3.66. The summed E-state index contributed by atoms with van der Waals surface area (Å²) in [6.07, 6.45) is -0.830. The zero-order chi connectivity index (χ0) is 15.4. The van der Waals surface area contributed by atoms with Crippen LogP contribution in [-0.4, -0.2) is 17.2 Å². The van der Waals surface area contributed by atoms with Crippen LogP contribution in [0.4, 0.5) is 0 Å². The predicted molar refractivity (Wildman–Crippen MR) is 86.5 cm³/mol.